The Morgan fingerprint density at radius 3 is 2.33 bits per heavy atom. The molecule has 198 valence electrons. The number of benzene rings is 2. The maximum absolute atomic E-state index is 13.1. The number of anilines is 1. The van der Waals surface area contributed by atoms with Gasteiger partial charge in [0.05, 0.1) is 6.54 Å². The Balaban J connectivity index is 1.92. The van der Waals surface area contributed by atoms with Crippen LogP contribution in [0.1, 0.15) is 38.7 Å². The highest BCUT2D eigenvalue weighted by Gasteiger charge is 2.21. The molecule has 0 radical (unpaired) electrons. The largest absolute Gasteiger partial charge is 0.492 e. The van der Waals surface area contributed by atoms with Gasteiger partial charge in [-0.2, -0.15) is 0 Å². The molecular formula is C26H33ClF2N2O5. The predicted molar refractivity (Wildman–Crippen MR) is 135 cm³/mol. The molecule has 2 rings (SSSR count). The van der Waals surface area contributed by atoms with E-state index in [1.165, 1.54) is 4.90 Å². The molecule has 10 heteroatoms. The molecule has 0 saturated carbocycles. The number of hydrogen-bond acceptors (Lipinski definition) is 4. The molecule has 2 aromatic rings. The molecule has 2 amide bonds. The minimum Gasteiger partial charge on any atom is -0.492 e. The molecule has 0 heterocycles. The summed E-state index contributed by atoms with van der Waals surface area (Å²) in [6.07, 6.45) is -0.207. The van der Waals surface area contributed by atoms with Crippen molar-refractivity contribution < 1.29 is 33.0 Å². The summed E-state index contributed by atoms with van der Waals surface area (Å²) in [6.45, 7) is 3.66. The van der Waals surface area contributed by atoms with E-state index >= 15 is 0 Å². The van der Waals surface area contributed by atoms with E-state index in [1.807, 2.05) is 0 Å². The van der Waals surface area contributed by atoms with Crippen molar-refractivity contribution >= 4 is 29.3 Å². The van der Waals surface area contributed by atoms with Crippen molar-refractivity contribution in [1.82, 2.24) is 4.90 Å². The first kappa shape index (κ1) is 29.3. The molecule has 1 unspecified atom stereocenters. The van der Waals surface area contributed by atoms with Crippen LogP contribution in [0.15, 0.2) is 48.5 Å². The van der Waals surface area contributed by atoms with Crippen molar-refractivity contribution in [3.8, 4) is 5.75 Å². The smallest absolute Gasteiger partial charge is 0.333 e. The van der Waals surface area contributed by atoms with Gasteiger partial charge < -0.3 is 24.8 Å². The molecule has 0 aromatic heterocycles. The van der Waals surface area contributed by atoms with Crippen molar-refractivity contribution in [2.75, 3.05) is 31.6 Å². The Bertz CT molecular complexity index is 952. The molecule has 0 aliphatic carbocycles. The van der Waals surface area contributed by atoms with Gasteiger partial charge in [0.1, 0.15) is 12.4 Å². The van der Waals surface area contributed by atoms with Gasteiger partial charge in [-0.15, -0.1) is 0 Å². The van der Waals surface area contributed by atoms with E-state index in [1.54, 1.807) is 55.5 Å². The zero-order valence-electron chi connectivity index (χ0n) is 20.5. The van der Waals surface area contributed by atoms with Crippen molar-refractivity contribution in [1.29, 1.82) is 0 Å². The Hall–Kier alpha value is -2.91. The summed E-state index contributed by atoms with van der Waals surface area (Å²) in [5.41, 5.74) is 1.36. The average Bonchev–Trinajstić information content (AvgIpc) is 2.82. The minimum atomic E-state index is -2.74. The summed E-state index contributed by atoms with van der Waals surface area (Å²) in [6, 6.07) is 13.3. The van der Waals surface area contributed by atoms with E-state index in [9.17, 15) is 23.5 Å². The van der Waals surface area contributed by atoms with E-state index in [0.29, 0.717) is 36.0 Å². The standard InChI is InChI=1S/C26H33ClF2N2O5/c1-3-35-23(24(32)33)18-19-6-12-22(13-7-19)36-17-16-31(15-5-4-14-26(2,28)29)25(34)30-21-10-8-20(27)9-11-21/h6-13,23H,3-5,14-18H2,1-2H3,(H,30,34)(H,32,33). The van der Waals surface area contributed by atoms with Crippen LogP contribution in [0.3, 0.4) is 0 Å². The number of nitrogens with one attached hydrogen (secondary N) is 1. The number of unbranched alkanes of at least 4 members (excludes halogenated alkanes) is 1. The zero-order chi connectivity index (χ0) is 26.6. The lowest BCUT2D eigenvalue weighted by atomic mass is 10.1. The van der Waals surface area contributed by atoms with Gasteiger partial charge in [0.2, 0.25) is 5.92 Å². The molecule has 0 fully saturated rings. The number of urea groups is 1. The van der Waals surface area contributed by atoms with Gasteiger partial charge >= 0.3 is 12.0 Å². The number of carboxylic acid groups (broad SMARTS) is 1. The molecule has 0 spiro atoms. The number of amides is 2. The zero-order valence-corrected chi connectivity index (χ0v) is 21.3. The fourth-order valence-electron chi connectivity index (χ4n) is 3.42. The highest BCUT2D eigenvalue weighted by atomic mass is 35.5. The van der Waals surface area contributed by atoms with E-state index in [0.717, 1.165) is 12.5 Å². The van der Waals surface area contributed by atoms with E-state index in [4.69, 9.17) is 21.1 Å². The number of carboxylic acids is 1. The second kappa shape index (κ2) is 14.6. The maximum Gasteiger partial charge on any atom is 0.333 e. The molecule has 0 saturated heterocycles. The van der Waals surface area contributed by atoms with Crippen LogP contribution in [-0.4, -0.2) is 60.3 Å². The second-order valence-electron chi connectivity index (χ2n) is 8.43. The Labute approximate surface area is 215 Å². The molecule has 0 aliphatic rings. The lowest BCUT2D eigenvalue weighted by molar-refractivity contribution is -0.149. The van der Waals surface area contributed by atoms with Crippen molar-refractivity contribution in [2.45, 2.75) is 51.6 Å². The number of nitrogens with zero attached hydrogens (tertiary/aromatic N) is 1. The topological polar surface area (TPSA) is 88.1 Å². The van der Waals surface area contributed by atoms with Gasteiger partial charge in [-0.25, -0.2) is 18.4 Å². The summed E-state index contributed by atoms with van der Waals surface area (Å²) in [5, 5.41) is 12.6. The predicted octanol–water partition coefficient (Wildman–Crippen LogP) is 6.11. The minimum absolute atomic E-state index is 0.189. The molecule has 7 nitrogen and oxygen atoms in total. The number of alkyl halides is 2. The lowest BCUT2D eigenvalue weighted by Gasteiger charge is -2.23. The summed E-state index contributed by atoms with van der Waals surface area (Å²) >= 11 is 5.89. The quantitative estimate of drug-likeness (QED) is 0.273. The van der Waals surface area contributed by atoms with E-state index in [2.05, 4.69) is 5.32 Å². The lowest BCUT2D eigenvalue weighted by Crippen LogP contribution is -2.38. The van der Waals surface area contributed by atoms with Crippen LogP contribution in [-0.2, 0) is 16.0 Å². The number of ether oxygens (including phenoxy) is 2. The van der Waals surface area contributed by atoms with Gasteiger partial charge in [0.25, 0.3) is 0 Å². The van der Waals surface area contributed by atoms with Crippen LogP contribution in [0.4, 0.5) is 19.3 Å². The first-order valence-corrected chi connectivity index (χ1v) is 12.2. The number of hydrogen-bond donors (Lipinski definition) is 2. The normalized spacial score (nSPS) is 12.1. The molecule has 0 aliphatic heterocycles. The summed E-state index contributed by atoms with van der Waals surface area (Å²) < 4.78 is 37.3. The van der Waals surface area contributed by atoms with E-state index in [-0.39, 0.29) is 38.4 Å². The molecule has 36 heavy (non-hydrogen) atoms. The van der Waals surface area contributed by atoms with Crippen molar-refractivity contribution in [3.05, 3.63) is 59.1 Å². The Morgan fingerprint density at radius 2 is 1.75 bits per heavy atom. The number of rotatable bonds is 15. The van der Waals surface area contributed by atoms with Gasteiger partial charge in [-0.1, -0.05) is 23.7 Å². The third kappa shape index (κ3) is 11.2. The summed E-state index contributed by atoms with van der Waals surface area (Å²) in [4.78, 5) is 25.6. The van der Waals surface area contributed by atoms with Gasteiger partial charge in [0.15, 0.2) is 6.10 Å². The van der Waals surface area contributed by atoms with Crippen LogP contribution < -0.4 is 10.1 Å². The SMILES string of the molecule is CCOC(Cc1ccc(OCCN(CCCCC(C)(F)F)C(=O)Nc2ccc(Cl)cc2)cc1)C(=O)O. The first-order valence-electron chi connectivity index (χ1n) is 11.8. The van der Waals surface area contributed by atoms with Crippen LogP contribution >= 0.6 is 11.6 Å². The third-order valence-corrected chi connectivity index (χ3v) is 5.55. The fourth-order valence-corrected chi connectivity index (χ4v) is 3.54. The second-order valence-corrected chi connectivity index (χ2v) is 8.87. The van der Waals surface area contributed by atoms with Gasteiger partial charge in [-0.05, 0) is 68.7 Å². The van der Waals surface area contributed by atoms with Crippen LogP contribution in [0.25, 0.3) is 0 Å². The highest BCUT2D eigenvalue weighted by molar-refractivity contribution is 6.30. The Morgan fingerprint density at radius 1 is 1.08 bits per heavy atom. The Kier molecular flexibility index (Phi) is 11.9. The van der Waals surface area contributed by atoms with Crippen LogP contribution in [0.2, 0.25) is 5.02 Å². The molecule has 0 bridgehead atoms. The average molecular weight is 527 g/mol. The monoisotopic (exact) mass is 526 g/mol. The fraction of sp³-hybridized carbons (Fsp3) is 0.462. The van der Waals surface area contributed by atoms with Gasteiger partial charge in [-0.3, -0.25) is 0 Å². The summed E-state index contributed by atoms with van der Waals surface area (Å²) in [7, 11) is 0. The van der Waals surface area contributed by atoms with Crippen LogP contribution in [0.5, 0.6) is 5.75 Å². The van der Waals surface area contributed by atoms with Crippen molar-refractivity contribution in [2.24, 2.45) is 0 Å². The van der Waals surface area contributed by atoms with Gasteiger partial charge in [0, 0.05) is 36.7 Å². The third-order valence-electron chi connectivity index (χ3n) is 5.29. The molecule has 2 N–H and O–H groups in total. The number of carbonyl (C=O) groups is 2. The molecular weight excluding hydrogens is 494 g/mol. The number of aliphatic carboxylic acids is 1. The van der Waals surface area contributed by atoms with Crippen molar-refractivity contribution in [3.63, 3.8) is 0 Å². The first-order chi connectivity index (χ1) is 17.1. The maximum atomic E-state index is 13.1. The number of halogens is 3. The highest BCUT2D eigenvalue weighted by Crippen LogP contribution is 2.20. The van der Waals surface area contributed by atoms with Crippen LogP contribution in [0, 0.1) is 0 Å². The molecule has 2 aromatic carbocycles. The van der Waals surface area contributed by atoms with E-state index < -0.39 is 18.0 Å². The molecule has 1 atom stereocenters. The number of carbonyl (C=O) groups excluding carboxylic acids is 1. The summed E-state index contributed by atoms with van der Waals surface area (Å²) in [5.74, 6) is -3.19.